The fraction of sp³-hybridized carbons (Fsp3) is 0.462. The number of piperidine rings is 1. The molecule has 2 amide bonds. The lowest BCUT2D eigenvalue weighted by molar-refractivity contribution is 0.166. The summed E-state index contributed by atoms with van der Waals surface area (Å²) in [6.45, 7) is 1.44. The Bertz CT molecular complexity index is 503. The number of amides is 2. The lowest BCUT2D eigenvalue weighted by atomic mass is 9.70. The second-order valence-corrected chi connectivity index (χ2v) is 5.00. The van der Waals surface area contributed by atoms with E-state index in [1.165, 1.54) is 5.56 Å². The standard InChI is InChI=1S/C13H16N4O/c14-12(18)17-8-4-13(5-9-17)3-7-16-11-10(13)2-1-6-15-11/h1-2,6-7H,3-5,8-9H2,(H2,14,18). The molecule has 0 aromatic carbocycles. The number of carbonyl (C=O) groups is 1. The van der Waals surface area contributed by atoms with E-state index in [0.717, 1.165) is 38.2 Å². The zero-order valence-electron chi connectivity index (χ0n) is 10.2. The molecule has 0 radical (unpaired) electrons. The van der Waals surface area contributed by atoms with Gasteiger partial charge in [0.2, 0.25) is 0 Å². The first-order valence-electron chi connectivity index (χ1n) is 6.24. The molecule has 1 aromatic rings. The number of aromatic nitrogens is 1. The number of hydrogen-bond acceptors (Lipinski definition) is 3. The third-order valence-corrected chi connectivity index (χ3v) is 4.09. The van der Waals surface area contributed by atoms with E-state index in [2.05, 4.69) is 16.0 Å². The molecule has 2 aliphatic heterocycles. The maximum absolute atomic E-state index is 11.2. The van der Waals surface area contributed by atoms with E-state index in [0.29, 0.717) is 0 Å². The van der Waals surface area contributed by atoms with Gasteiger partial charge in [0.05, 0.1) is 0 Å². The maximum atomic E-state index is 11.2. The van der Waals surface area contributed by atoms with Crippen molar-refractivity contribution in [3.8, 4) is 0 Å². The van der Waals surface area contributed by atoms with Gasteiger partial charge in [0.15, 0.2) is 5.82 Å². The highest BCUT2D eigenvalue weighted by molar-refractivity contribution is 5.73. The molecule has 0 bridgehead atoms. The van der Waals surface area contributed by atoms with Crippen LogP contribution in [0.3, 0.4) is 0 Å². The lowest BCUT2D eigenvalue weighted by Gasteiger charge is -2.42. The Morgan fingerprint density at radius 1 is 1.39 bits per heavy atom. The second-order valence-electron chi connectivity index (χ2n) is 5.00. The first-order valence-corrected chi connectivity index (χ1v) is 6.24. The molecular formula is C13H16N4O. The van der Waals surface area contributed by atoms with Gasteiger partial charge in [-0.05, 0) is 25.3 Å². The van der Waals surface area contributed by atoms with Crippen molar-refractivity contribution in [1.82, 2.24) is 9.88 Å². The highest BCUT2D eigenvalue weighted by Gasteiger charge is 2.39. The van der Waals surface area contributed by atoms with E-state index in [-0.39, 0.29) is 11.4 Å². The molecule has 18 heavy (non-hydrogen) atoms. The van der Waals surface area contributed by atoms with Gasteiger partial charge in [0.1, 0.15) is 0 Å². The van der Waals surface area contributed by atoms with Crippen LogP contribution in [0.4, 0.5) is 10.6 Å². The number of urea groups is 1. The Morgan fingerprint density at radius 2 is 2.17 bits per heavy atom. The first kappa shape index (κ1) is 11.2. The number of carbonyl (C=O) groups excluding carboxylic acids is 1. The number of hydrogen-bond donors (Lipinski definition) is 1. The zero-order chi connectivity index (χ0) is 12.6. The minimum Gasteiger partial charge on any atom is -0.351 e. The normalized spacial score (nSPS) is 20.8. The van der Waals surface area contributed by atoms with Crippen LogP contribution >= 0.6 is 0 Å². The van der Waals surface area contributed by atoms with Crippen LogP contribution in [0, 0.1) is 0 Å². The van der Waals surface area contributed by atoms with E-state index in [1.807, 2.05) is 12.3 Å². The quantitative estimate of drug-likeness (QED) is 0.753. The molecule has 5 nitrogen and oxygen atoms in total. The number of rotatable bonds is 0. The van der Waals surface area contributed by atoms with Gasteiger partial charge in [0.25, 0.3) is 0 Å². The third kappa shape index (κ3) is 1.66. The van der Waals surface area contributed by atoms with Crippen LogP contribution in [0.1, 0.15) is 24.8 Å². The molecule has 1 fully saturated rings. The Labute approximate surface area is 106 Å². The Morgan fingerprint density at radius 3 is 2.89 bits per heavy atom. The van der Waals surface area contributed by atoms with Crippen LogP contribution in [0.25, 0.3) is 0 Å². The Kier molecular flexibility index (Phi) is 2.54. The molecular weight excluding hydrogens is 228 g/mol. The van der Waals surface area contributed by atoms with Crippen molar-refractivity contribution in [2.45, 2.75) is 24.7 Å². The van der Waals surface area contributed by atoms with Crippen molar-refractivity contribution >= 4 is 18.1 Å². The predicted octanol–water partition coefficient (Wildman–Crippen LogP) is 1.60. The van der Waals surface area contributed by atoms with Crippen molar-refractivity contribution in [2.24, 2.45) is 10.7 Å². The van der Waals surface area contributed by atoms with Crippen LogP contribution in [0.2, 0.25) is 0 Å². The molecule has 1 spiro atoms. The Hall–Kier alpha value is -1.91. The smallest absolute Gasteiger partial charge is 0.314 e. The predicted molar refractivity (Wildman–Crippen MR) is 69.1 cm³/mol. The molecule has 5 heteroatoms. The van der Waals surface area contributed by atoms with Crippen LogP contribution in [-0.4, -0.2) is 35.2 Å². The molecule has 2 aliphatic rings. The van der Waals surface area contributed by atoms with Crippen LogP contribution < -0.4 is 5.73 Å². The number of nitrogens with two attached hydrogens (primary N) is 1. The number of nitrogens with zero attached hydrogens (tertiary/aromatic N) is 3. The van der Waals surface area contributed by atoms with E-state index in [9.17, 15) is 4.79 Å². The maximum Gasteiger partial charge on any atom is 0.314 e. The van der Waals surface area contributed by atoms with Gasteiger partial charge in [-0.2, -0.15) is 0 Å². The molecule has 1 saturated heterocycles. The molecule has 2 N–H and O–H groups in total. The summed E-state index contributed by atoms with van der Waals surface area (Å²) in [4.78, 5) is 21.6. The monoisotopic (exact) mass is 244 g/mol. The summed E-state index contributed by atoms with van der Waals surface area (Å²) < 4.78 is 0. The van der Waals surface area contributed by atoms with E-state index >= 15 is 0 Å². The summed E-state index contributed by atoms with van der Waals surface area (Å²) in [5, 5.41) is 0. The van der Waals surface area contributed by atoms with E-state index in [1.54, 1.807) is 11.1 Å². The summed E-state index contributed by atoms with van der Waals surface area (Å²) in [7, 11) is 0. The molecule has 3 rings (SSSR count). The van der Waals surface area contributed by atoms with Crippen molar-refractivity contribution < 1.29 is 4.79 Å². The molecule has 94 valence electrons. The second kappa shape index (κ2) is 4.08. The third-order valence-electron chi connectivity index (χ3n) is 4.09. The van der Waals surface area contributed by atoms with Gasteiger partial charge >= 0.3 is 6.03 Å². The average molecular weight is 244 g/mol. The number of fused-ring (bicyclic) bond motifs is 2. The van der Waals surface area contributed by atoms with Crippen molar-refractivity contribution in [1.29, 1.82) is 0 Å². The topological polar surface area (TPSA) is 71.6 Å². The van der Waals surface area contributed by atoms with Crippen molar-refractivity contribution in [3.63, 3.8) is 0 Å². The fourth-order valence-corrected chi connectivity index (χ4v) is 2.96. The number of aliphatic imine (C=N–C) groups is 1. The van der Waals surface area contributed by atoms with Crippen LogP contribution in [0.15, 0.2) is 23.3 Å². The van der Waals surface area contributed by atoms with Crippen LogP contribution in [0.5, 0.6) is 0 Å². The summed E-state index contributed by atoms with van der Waals surface area (Å²) >= 11 is 0. The van der Waals surface area contributed by atoms with Gasteiger partial charge in [-0.3, -0.25) is 0 Å². The molecule has 0 atom stereocenters. The summed E-state index contributed by atoms with van der Waals surface area (Å²) in [6.07, 6.45) is 6.52. The number of pyridine rings is 1. The lowest BCUT2D eigenvalue weighted by Crippen LogP contribution is -2.47. The van der Waals surface area contributed by atoms with Gasteiger partial charge in [-0.25, -0.2) is 14.8 Å². The van der Waals surface area contributed by atoms with E-state index < -0.39 is 0 Å². The van der Waals surface area contributed by atoms with Crippen LogP contribution in [-0.2, 0) is 5.41 Å². The summed E-state index contributed by atoms with van der Waals surface area (Å²) in [5.74, 6) is 0.830. The minimum atomic E-state index is -0.319. The summed E-state index contributed by atoms with van der Waals surface area (Å²) in [6, 6.07) is 3.75. The molecule has 0 aliphatic carbocycles. The zero-order valence-corrected chi connectivity index (χ0v) is 10.2. The highest BCUT2D eigenvalue weighted by Crippen LogP contribution is 2.43. The number of primary amides is 1. The van der Waals surface area contributed by atoms with Crippen molar-refractivity contribution in [2.75, 3.05) is 13.1 Å². The SMILES string of the molecule is NC(=O)N1CCC2(CC=Nc3ncccc32)CC1. The summed E-state index contributed by atoms with van der Waals surface area (Å²) in [5.41, 5.74) is 6.64. The number of likely N-dealkylation sites (tertiary alicyclic amines) is 1. The van der Waals surface area contributed by atoms with Gasteiger partial charge in [-0.15, -0.1) is 0 Å². The Balaban J connectivity index is 1.90. The molecule has 0 saturated carbocycles. The average Bonchev–Trinajstić information content (AvgIpc) is 2.40. The fourth-order valence-electron chi connectivity index (χ4n) is 2.96. The molecule has 0 unspecified atom stereocenters. The largest absolute Gasteiger partial charge is 0.351 e. The minimum absolute atomic E-state index is 0.0945. The first-order chi connectivity index (χ1) is 8.71. The van der Waals surface area contributed by atoms with Crippen molar-refractivity contribution in [3.05, 3.63) is 23.9 Å². The van der Waals surface area contributed by atoms with Gasteiger partial charge in [0, 0.05) is 36.5 Å². The molecule has 1 aromatic heterocycles. The van der Waals surface area contributed by atoms with E-state index in [4.69, 9.17) is 5.73 Å². The van der Waals surface area contributed by atoms with Gasteiger partial charge in [-0.1, -0.05) is 6.07 Å². The van der Waals surface area contributed by atoms with Gasteiger partial charge < -0.3 is 10.6 Å². The molecule has 3 heterocycles. The highest BCUT2D eigenvalue weighted by atomic mass is 16.2.